The summed E-state index contributed by atoms with van der Waals surface area (Å²) in [5.74, 6) is -1.24. The first-order chi connectivity index (χ1) is 10.0. The lowest BCUT2D eigenvalue weighted by Crippen LogP contribution is -2.40. The standard InChI is InChI=1S/C15H21NO5S/c1-15(2,3)10-4-6-12(7-5-10)22(20,21)16-9-11(17)8-13(16)14(18)19/h4-7,11,13,17H,8-9H2,1-3H3,(H,18,19)/t11-,13-/m0/s1. The molecule has 1 aromatic carbocycles. The molecule has 7 heteroatoms. The van der Waals surface area contributed by atoms with Crippen LogP contribution in [0.2, 0.25) is 0 Å². The Balaban J connectivity index is 2.36. The molecule has 1 saturated heterocycles. The Morgan fingerprint density at radius 3 is 2.23 bits per heavy atom. The second kappa shape index (κ2) is 5.64. The molecule has 6 nitrogen and oxygen atoms in total. The van der Waals surface area contributed by atoms with Gasteiger partial charge in [-0.3, -0.25) is 4.79 Å². The number of sulfonamides is 1. The molecular formula is C15H21NO5S. The van der Waals surface area contributed by atoms with Gasteiger partial charge < -0.3 is 10.2 Å². The average molecular weight is 327 g/mol. The third-order valence-corrected chi connectivity index (χ3v) is 5.73. The number of aliphatic hydroxyl groups is 1. The molecule has 0 unspecified atom stereocenters. The van der Waals surface area contributed by atoms with Crippen LogP contribution in [-0.4, -0.2) is 47.6 Å². The van der Waals surface area contributed by atoms with E-state index >= 15 is 0 Å². The normalized spacial score (nSPS) is 23.6. The monoisotopic (exact) mass is 327 g/mol. The molecule has 122 valence electrons. The molecule has 22 heavy (non-hydrogen) atoms. The third kappa shape index (κ3) is 3.16. The molecule has 0 saturated carbocycles. The summed E-state index contributed by atoms with van der Waals surface area (Å²) in [6, 6.07) is 5.21. The Kier molecular flexibility index (Phi) is 4.34. The fourth-order valence-corrected chi connectivity index (χ4v) is 4.17. The molecule has 0 spiro atoms. The van der Waals surface area contributed by atoms with Crippen LogP contribution in [0.5, 0.6) is 0 Å². The lowest BCUT2D eigenvalue weighted by atomic mass is 9.87. The maximum Gasteiger partial charge on any atom is 0.322 e. The van der Waals surface area contributed by atoms with E-state index in [1.165, 1.54) is 12.1 Å². The predicted octanol–water partition coefficient (Wildman–Crippen LogP) is 1.19. The van der Waals surface area contributed by atoms with E-state index in [2.05, 4.69) is 0 Å². The van der Waals surface area contributed by atoms with Gasteiger partial charge in [0, 0.05) is 13.0 Å². The molecule has 2 N–H and O–H groups in total. The Bertz CT molecular complexity index is 660. The Hall–Kier alpha value is -1.44. The van der Waals surface area contributed by atoms with Crippen molar-refractivity contribution in [2.24, 2.45) is 0 Å². The highest BCUT2D eigenvalue weighted by molar-refractivity contribution is 7.89. The van der Waals surface area contributed by atoms with Gasteiger partial charge in [0.25, 0.3) is 0 Å². The van der Waals surface area contributed by atoms with E-state index in [4.69, 9.17) is 5.11 Å². The number of hydrogen-bond donors (Lipinski definition) is 2. The smallest absolute Gasteiger partial charge is 0.322 e. The van der Waals surface area contributed by atoms with Crippen LogP contribution in [0.15, 0.2) is 29.2 Å². The van der Waals surface area contributed by atoms with E-state index in [0.717, 1.165) is 9.87 Å². The second-order valence-corrected chi connectivity index (χ2v) is 8.48. The van der Waals surface area contributed by atoms with E-state index in [1.807, 2.05) is 20.8 Å². The number of carboxylic acids is 1. The van der Waals surface area contributed by atoms with E-state index in [0.29, 0.717) is 0 Å². The van der Waals surface area contributed by atoms with Gasteiger partial charge in [0.05, 0.1) is 11.0 Å². The topological polar surface area (TPSA) is 94.9 Å². The van der Waals surface area contributed by atoms with Crippen molar-refractivity contribution in [2.45, 2.75) is 49.6 Å². The lowest BCUT2D eigenvalue weighted by molar-refractivity contribution is -0.140. The van der Waals surface area contributed by atoms with Crippen molar-refractivity contribution in [2.75, 3.05) is 6.54 Å². The molecule has 1 aliphatic rings. The number of hydrogen-bond acceptors (Lipinski definition) is 4. The molecule has 2 rings (SSSR count). The first kappa shape index (κ1) is 16.9. The summed E-state index contributed by atoms with van der Waals surface area (Å²) in [5.41, 5.74) is 0.887. The zero-order chi connectivity index (χ0) is 16.7. The van der Waals surface area contributed by atoms with Gasteiger partial charge >= 0.3 is 5.97 Å². The zero-order valence-electron chi connectivity index (χ0n) is 12.9. The highest BCUT2D eigenvalue weighted by atomic mass is 32.2. The molecule has 1 fully saturated rings. The van der Waals surface area contributed by atoms with Crippen LogP contribution in [-0.2, 0) is 20.2 Å². The number of aliphatic hydroxyl groups excluding tert-OH is 1. The van der Waals surface area contributed by atoms with Crippen molar-refractivity contribution >= 4 is 16.0 Å². The zero-order valence-corrected chi connectivity index (χ0v) is 13.7. The number of carboxylic acid groups (broad SMARTS) is 1. The fraction of sp³-hybridized carbons (Fsp3) is 0.533. The number of aliphatic carboxylic acids is 1. The molecule has 1 heterocycles. The van der Waals surface area contributed by atoms with E-state index in [1.54, 1.807) is 12.1 Å². The van der Waals surface area contributed by atoms with Gasteiger partial charge in [-0.05, 0) is 23.1 Å². The van der Waals surface area contributed by atoms with Crippen molar-refractivity contribution in [3.05, 3.63) is 29.8 Å². The van der Waals surface area contributed by atoms with Crippen LogP contribution in [0.1, 0.15) is 32.8 Å². The molecule has 1 aromatic rings. The number of benzene rings is 1. The van der Waals surface area contributed by atoms with Crippen LogP contribution >= 0.6 is 0 Å². The van der Waals surface area contributed by atoms with Crippen LogP contribution in [0, 0.1) is 0 Å². The first-order valence-electron chi connectivity index (χ1n) is 7.07. The van der Waals surface area contributed by atoms with Crippen molar-refractivity contribution in [3.8, 4) is 0 Å². The summed E-state index contributed by atoms with van der Waals surface area (Å²) in [4.78, 5) is 11.2. The average Bonchev–Trinajstić information content (AvgIpc) is 2.81. The summed E-state index contributed by atoms with van der Waals surface area (Å²) in [6.07, 6.45) is -1.04. The van der Waals surface area contributed by atoms with Crippen LogP contribution < -0.4 is 0 Å². The number of carbonyl (C=O) groups is 1. The summed E-state index contributed by atoms with van der Waals surface area (Å²) >= 11 is 0. The Morgan fingerprint density at radius 1 is 1.23 bits per heavy atom. The summed E-state index contributed by atoms with van der Waals surface area (Å²) in [6.45, 7) is 5.87. The van der Waals surface area contributed by atoms with E-state index in [9.17, 15) is 18.3 Å². The van der Waals surface area contributed by atoms with Crippen molar-refractivity contribution in [1.29, 1.82) is 0 Å². The minimum atomic E-state index is -3.94. The predicted molar refractivity (Wildman–Crippen MR) is 81.1 cm³/mol. The Labute approximate surface area is 130 Å². The third-order valence-electron chi connectivity index (χ3n) is 3.85. The molecule has 0 bridgehead atoms. The molecule has 2 atom stereocenters. The van der Waals surface area contributed by atoms with Gasteiger partial charge in [-0.15, -0.1) is 0 Å². The van der Waals surface area contributed by atoms with Crippen LogP contribution in [0.3, 0.4) is 0 Å². The lowest BCUT2D eigenvalue weighted by Gasteiger charge is -2.22. The fourth-order valence-electron chi connectivity index (χ4n) is 2.54. The van der Waals surface area contributed by atoms with Crippen molar-refractivity contribution in [3.63, 3.8) is 0 Å². The molecule has 0 aliphatic carbocycles. The minimum Gasteiger partial charge on any atom is -0.480 e. The second-order valence-electron chi connectivity index (χ2n) is 6.59. The Morgan fingerprint density at radius 2 is 1.77 bits per heavy atom. The molecule has 0 aromatic heterocycles. The van der Waals surface area contributed by atoms with Crippen molar-refractivity contribution in [1.82, 2.24) is 4.31 Å². The van der Waals surface area contributed by atoms with Crippen molar-refractivity contribution < 1.29 is 23.4 Å². The van der Waals surface area contributed by atoms with E-state index < -0.39 is 28.1 Å². The molecule has 1 aliphatic heterocycles. The summed E-state index contributed by atoms with van der Waals surface area (Å²) < 4.78 is 26.1. The van der Waals surface area contributed by atoms with Gasteiger partial charge in [0.2, 0.25) is 10.0 Å². The largest absolute Gasteiger partial charge is 0.480 e. The van der Waals surface area contributed by atoms with Gasteiger partial charge in [-0.25, -0.2) is 8.42 Å². The molecule has 0 radical (unpaired) electrons. The van der Waals surface area contributed by atoms with Crippen LogP contribution in [0.4, 0.5) is 0 Å². The summed E-state index contributed by atoms with van der Waals surface area (Å²) in [7, 11) is -3.94. The maximum absolute atomic E-state index is 12.6. The first-order valence-corrected chi connectivity index (χ1v) is 8.51. The maximum atomic E-state index is 12.6. The minimum absolute atomic E-state index is 0.0425. The number of nitrogens with zero attached hydrogens (tertiary/aromatic N) is 1. The molecular weight excluding hydrogens is 306 g/mol. The molecule has 0 amide bonds. The quantitative estimate of drug-likeness (QED) is 0.869. The van der Waals surface area contributed by atoms with E-state index in [-0.39, 0.29) is 23.3 Å². The SMILES string of the molecule is CC(C)(C)c1ccc(S(=O)(=O)N2C[C@@H](O)C[C@H]2C(=O)O)cc1. The number of β-amino-alcohol motifs (C(OH)–C–C–N with tert-alkyl or cyclic N) is 1. The van der Waals surface area contributed by atoms with Crippen LogP contribution in [0.25, 0.3) is 0 Å². The van der Waals surface area contributed by atoms with Gasteiger partial charge in [-0.1, -0.05) is 32.9 Å². The van der Waals surface area contributed by atoms with Gasteiger partial charge in [0.15, 0.2) is 0 Å². The number of rotatable bonds is 3. The van der Waals surface area contributed by atoms with Gasteiger partial charge in [-0.2, -0.15) is 4.31 Å². The highest BCUT2D eigenvalue weighted by Crippen LogP contribution is 2.28. The summed E-state index contributed by atoms with van der Waals surface area (Å²) in [5, 5.41) is 18.8. The highest BCUT2D eigenvalue weighted by Gasteiger charge is 2.43. The van der Waals surface area contributed by atoms with Gasteiger partial charge in [0.1, 0.15) is 6.04 Å².